The summed E-state index contributed by atoms with van der Waals surface area (Å²) in [6.45, 7) is 2.69. The van der Waals surface area contributed by atoms with Crippen LogP contribution in [0.3, 0.4) is 0 Å². The lowest BCUT2D eigenvalue weighted by molar-refractivity contribution is -0.127. The molecule has 4 rings (SSSR count). The molecule has 2 saturated heterocycles. The molecule has 8 nitrogen and oxygen atoms in total. The molecule has 2 aromatic rings. The molecule has 0 unspecified atom stereocenters. The Labute approximate surface area is 204 Å². The van der Waals surface area contributed by atoms with E-state index in [1.165, 1.54) is 6.08 Å². The number of halogens is 2. The van der Waals surface area contributed by atoms with Gasteiger partial charge in [-0.3, -0.25) is 19.3 Å². The van der Waals surface area contributed by atoms with Crippen molar-refractivity contribution in [3.05, 3.63) is 49.2 Å². The molecule has 2 fully saturated rings. The van der Waals surface area contributed by atoms with Crippen LogP contribution in [0.5, 0.6) is 0 Å². The minimum absolute atomic E-state index is 0.213. The summed E-state index contributed by atoms with van der Waals surface area (Å²) in [5.74, 6) is -0.514. The summed E-state index contributed by atoms with van der Waals surface area (Å²) in [4.78, 5) is 40.6. The average Bonchev–Trinajstić information content (AvgIpc) is 3.21. The first kappa shape index (κ1) is 22.4. The molecule has 0 saturated carbocycles. The molecule has 31 heavy (non-hydrogen) atoms. The maximum Gasteiger partial charge on any atom is 0.294 e. The third kappa shape index (κ3) is 5.33. The Morgan fingerprint density at radius 2 is 1.94 bits per heavy atom. The highest BCUT2D eigenvalue weighted by Gasteiger charge is 2.36. The number of hydrogen-bond acceptors (Lipinski definition) is 7. The molecule has 162 valence electrons. The van der Waals surface area contributed by atoms with Crippen LogP contribution in [0.2, 0.25) is 0 Å². The molecule has 1 aromatic carbocycles. The predicted octanol–water partition coefficient (Wildman–Crippen LogP) is 4.16. The zero-order valence-electron chi connectivity index (χ0n) is 16.1. The van der Waals surface area contributed by atoms with Gasteiger partial charge in [-0.05, 0) is 58.0 Å². The number of nitrogens with one attached hydrogen (secondary N) is 1. The normalized spacial score (nSPS) is 18.2. The highest BCUT2D eigenvalue weighted by atomic mass is 127. The summed E-state index contributed by atoms with van der Waals surface area (Å²) in [6, 6.07) is 9.15. The number of carbonyl (C=O) groups is 3. The molecule has 2 aliphatic heterocycles. The molecule has 0 radical (unpaired) electrons. The molecule has 0 aliphatic carbocycles. The van der Waals surface area contributed by atoms with E-state index in [2.05, 4.69) is 26.1 Å². The van der Waals surface area contributed by atoms with Crippen molar-refractivity contribution >= 4 is 84.8 Å². The van der Waals surface area contributed by atoms with Gasteiger partial charge in [0.15, 0.2) is 3.77 Å². The first-order chi connectivity index (χ1) is 14.9. The number of anilines is 2. The fourth-order valence-corrected chi connectivity index (χ4v) is 4.66. The Morgan fingerprint density at radius 3 is 2.58 bits per heavy atom. The van der Waals surface area contributed by atoms with Crippen molar-refractivity contribution in [2.75, 3.05) is 43.1 Å². The maximum absolute atomic E-state index is 12.6. The van der Waals surface area contributed by atoms with E-state index < -0.39 is 17.1 Å². The van der Waals surface area contributed by atoms with Crippen LogP contribution >= 0.6 is 50.3 Å². The van der Waals surface area contributed by atoms with E-state index in [-0.39, 0.29) is 11.4 Å². The van der Waals surface area contributed by atoms with Gasteiger partial charge in [0.05, 0.1) is 22.6 Å². The van der Waals surface area contributed by atoms with Crippen LogP contribution in [0.25, 0.3) is 6.08 Å². The zero-order chi connectivity index (χ0) is 22.0. The van der Waals surface area contributed by atoms with Gasteiger partial charge in [0.1, 0.15) is 12.3 Å². The number of carbonyl (C=O) groups excluding carboxylic acids is 3. The fraction of sp³-hybridized carbons (Fsp3) is 0.250. The van der Waals surface area contributed by atoms with E-state index in [0.29, 0.717) is 28.4 Å². The van der Waals surface area contributed by atoms with E-state index in [4.69, 9.17) is 9.15 Å². The van der Waals surface area contributed by atoms with Crippen LogP contribution in [-0.4, -0.2) is 54.8 Å². The van der Waals surface area contributed by atoms with Gasteiger partial charge in [-0.1, -0.05) is 0 Å². The van der Waals surface area contributed by atoms with Crippen LogP contribution < -0.4 is 10.2 Å². The first-order valence-corrected chi connectivity index (χ1v) is 12.0. The second kappa shape index (κ2) is 9.76. The lowest BCUT2D eigenvalue weighted by Gasteiger charge is -2.28. The molecular weight excluding hydrogens is 601 g/mol. The number of morpholine rings is 1. The Bertz CT molecular complexity index is 1030. The SMILES string of the molecule is O=C(CN1C(=O)S/C(=C\c2cc(Br)c(I)o2)C1=O)Nc1ccc(N2CCOCC2)cc1. The van der Waals surface area contributed by atoms with E-state index in [0.717, 1.165) is 39.9 Å². The van der Waals surface area contributed by atoms with E-state index >= 15 is 0 Å². The van der Waals surface area contributed by atoms with Crippen molar-refractivity contribution in [1.29, 1.82) is 0 Å². The molecule has 0 bridgehead atoms. The summed E-state index contributed by atoms with van der Waals surface area (Å²) in [7, 11) is 0. The van der Waals surface area contributed by atoms with Crippen molar-refractivity contribution in [2.24, 2.45) is 0 Å². The van der Waals surface area contributed by atoms with Gasteiger partial charge in [-0.15, -0.1) is 0 Å². The van der Waals surface area contributed by atoms with Gasteiger partial charge in [-0.2, -0.15) is 0 Å². The minimum Gasteiger partial charge on any atom is -0.450 e. The van der Waals surface area contributed by atoms with Gasteiger partial charge in [-0.25, -0.2) is 0 Å². The van der Waals surface area contributed by atoms with Gasteiger partial charge in [0, 0.05) is 53.1 Å². The fourth-order valence-electron chi connectivity index (χ4n) is 3.12. The number of rotatable bonds is 5. The molecule has 0 spiro atoms. The number of amides is 3. The second-order valence-corrected chi connectivity index (χ2v) is 9.56. The van der Waals surface area contributed by atoms with Crippen LogP contribution in [0.1, 0.15) is 5.76 Å². The van der Waals surface area contributed by atoms with Gasteiger partial charge >= 0.3 is 0 Å². The van der Waals surface area contributed by atoms with Crippen LogP contribution in [0.4, 0.5) is 16.2 Å². The number of furan rings is 1. The Balaban J connectivity index is 1.36. The standard InChI is InChI=1S/C20H17BrIN3O5S/c21-15-9-14(30-18(15)22)10-16-19(27)25(20(28)31-16)11-17(26)23-12-1-3-13(4-2-12)24-5-7-29-8-6-24/h1-4,9-10H,5-8,11H2,(H,23,26)/b16-10-. The lowest BCUT2D eigenvalue weighted by Crippen LogP contribution is -2.36. The second-order valence-electron chi connectivity index (χ2n) is 6.73. The number of imide groups is 1. The van der Waals surface area contributed by atoms with Gasteiger partial charge in [0.2, 0.25) is 5.91 Å². The molecular formula is C20H17BrIN3O5S. The van der Waals surface area contributed by atoms with Gasteiger partial charge in [0.25, 0.3) is 11.1 Å². The largest absolute Gasteiger partial charge is 0.450 e. The maximum atomic E-state index is 12.6. The molecule has 3 amide bonds. The topological polar surface area (TPSA) is 92.1 Å². The monoisotopic (exact) mass is 617 g/mol. The quantitative estimate of drug-likeness (QED) is 0.398. The molecule has 0 atom stereocenters. The Morgan fingerprint density at radius 1 is 1.23 bits per heavy atom. The summed E-state index contributed by atoms with van der Waals surface area (Å²) < 4.78 is 12.2. The minimum atomic E-state index is -0.518. The van der Waals surface area contributed by atoms with Crippen molar-refractivity contribution in [2.45, 2.75) is 0 Å². The summed E-state index contributed by atoms with van der Waals surface area (Å²) in [5, 5.41) is 2.24. The number of nitrogens with zero attached hydrogens (tertiary/aromatic N) is 2. The average molecular weight is 618 g/mol. The number of thioether (sulfide) groups is 1. The number of hydrogen-bond donors (Lipinski definition) is 1. The summed E-state index contributed by atoms with van der Waals surface area (Å²) in [5.41, 5.74) is 1.65. The summed E-state index contributed by atoms with van der Waals surface area (Å²) >= 11 is 6.13. The first-order valence-electron chi connectivity index (χ1n) is 9.33. The zero-order valence-corrected chi connectivity index (χ0v) is 20.7. The lowest BCUT2D eigenvalue weighted by atomic mass is 10.2. The highest BCUT2D eigenvalue weighted by Crippen LogP contribution is 2.33. The van der Waals surface area contributed by atoms with Crippen LogP contribution in [0, 0.1) is 3.77 Å². The molecule has 1 N–H and O–H groups in total. The van der Waals surface area contributed by atoms with Crippen molar-refractivity contribution in [3.8, 4) is 0 Å². The van der Waals surface area contributed by atoms with Crippen molar-refractivity contribution in [1.82, 2.24) is 4.90 Å². The molecule has 11 heteroatoms. The third-order valence-electron chi connectivity index (χ3n) is 4.64. The third-order valence-corrected chi connectivity index (χ3v) is 7.68. The predicted molar refractivity (Wildman–Crippen MR) is 130 cm³/mol. The smallest absolute Gasteiger partial charge is 0.294 e. The summed E-state index contributed by atoms with van der Waals surface area (Å²) in [6.07, 6.45) is 1.50. The van der Waals surface area contributed by atoms with Crippen LogP contribution in [-0.2, 0) is 14.3 Å². The van der Waals surface area contributed by atoms with E-state index in [9.17, 15) is 14.4 Å². The molecule has 3 heterocycles. The Kier molecular flexibility index (Phi) is 7.04. The van der Waals surface area contributed by atoms with Gasteiger partial charge < -0.3 is 19.4 Å². The van der Waals surface area contributed by atoms with Crippen molar-refractivity contribution < 1.29 is 23.5 Å². The van der Waals surface area contributed by atoms with Crippen LogP contribution in [0.15, 0.2) is 44.1 Å². The Hall–Kier alpha value is -1.83. The number of ether oxygens (including phenoxy) is 1. The van der Waals surface area contributed by atoms with E-state index in [1.807, 2.05) is 34.7 Å². The van der Waals surface area contributed by atoms with Crippen molar-refractivity contribution in [3.63, 3.8) is 0 Å². The van der Waals surface area contributed by atoms with E-state index in [1.54, 1.807) is 18.2 Å². The highest BCUT2D eigenvalue weighted by molar-refractivity contribution is 14.1. The molecule has 1 aromatic heterocycles. The number of benzene rings is 1. The molecule has 2 aliphatic rings.